The zero-order valence-corrected chi connectivity index (χ0v) is 17.4. The number of nitrogens with one attached hydrogen (secondary N) is 1. The Morgan fingerprint density at radius 1 is 1.17 bits per heavy atom. The van der Waals surface area contributed by atoms with E-state index in [1.54, 1.807) is 17.7 Å². The number of likely N-dealkylation sites (tertiary alicyclic amines) is 1. The molecule has 1 saturated heterocycles. The summed E-state index contributed by atoms with van der Waals surface area (Å²) in [4.78, 5) is 38.2. The van der Waals surface area contributed by atoms with E-state index in [4.69, 9.17) is 9.47 Å². The van der Waals surface area contributed by atoms with E-state index in [-0.39, 0.29) is 36.0 Å². The van der Waals surface area contributed by atoms with Crippen molar-refractivity contribution in [3.8, 4) is 0 Å². The summed E-state index contributed by atoms with van der Waals surface area (Å²) in [6.45, 7) is 4.23. The molecule has 1 aliphatic heterocycles. The summed E-state index contributed by atoms with van der Waals surface area (Å²) in [7, 11) is 3.08. The minimum atomic E-state index is -0.219. The van der Waals surface area contributed by atoms with Crippen LogP contribution in [0, 0.1) is 18.8 Å². The highest BCUT2D eigenvalue weighted by atomic mass is 16.5. The fourth-order valence-electron chi connectivity index (χ4n) is 4.70. The second kappa shape index (κ2) is 9.54. The Morgan fingerprint density at radius 2 is 1.90 bits per heavy atom. The number of esters is 1. The van der Waals surface area contributed by atoms with Gasteiger partial charge in [-0.1, -0.05) is 6.07 Å². The largest absolute Gasteiger partial charge is 0.468 e. The molecule has 2 fully saturated rings. The lowest BCUT2D eigenvalue weighted by Crippen LogP contribution is -2.50. The first-order chi connectivity index (χ1) is 13.9. The van der Waals surface area contributed by atoms with Crippen LogP contribution < -0.4 is 10.9 Å². The highest BCUT2D eigenvalue weighted by Gasteiger charge is 2.43. The van der Waals surface area contributed by atoms with Crippen LogP contribution in [0.15, 0.2) is 23.0 Å². The van der Waals surface area contributed by atoms with Gasteiger partial charge in [-0.25, -0.2) is 0 Å². The molecule has 160 valence electrons. The van der Waals surface area contributed by atoms with Crippen LogP contribution >= 0.6 is 0 Å². The lowest BCUT2D eigenvalue weighted by molar-refractivity contribution is -0.141. The molecule has 0 unspecified atom stereocenters. The van der Waals surface area contributed by atoms with Crippen molar-refractivity contribution in [3.63, 3.8) is 0 Å². The molecule has 4 atom stereocenters. The Balaban J connectivity index is 1.55. The summed E-state index contributed by atoms with van der Waals surface area (Å²) < 4.78 is 12.1. The average molecular weight is 405 g/mol. The van der Waals surface area contributed by atoms with E-state index < -0.39 is 0 Å². The van der Waals surface area contributed by atoms with Gasteiger partial charge in [0.05, 0.1) is 25.8 Å². The van der Waals surface area contributed by atoms with Crippen LogP contribution in [0.2, 0.25) is 0 Å². The van der Waals surface area contributed by atoms with Gasteiger partial charge in [-0.2, -0.15) is 0 Å². The molecule has 1 aromatic rings. The maximum absolute atomic E-state index is 12.6. The van der Waals surface area contributed by atoms with Crippen molar-refractivity contribution in [2.45, 2.75) is 44.9 Å². The number of aromatic nitrogens is 1. The van der Waals surface area contributed by atoms with Gasteiger partial charge < -0.3 is 19.4 Å². The molecule has 0 aromatic carbocycles. The van der Waals surface area contributed by atoms with Gasteiger partial charge in [0.2, 0.25) is 5.91 Å². The van der Waals surface area contributed by atoms with Crippen LogP contribution in [-0.2, 0) is 25.6 Å². The number of hydrogen-bond donors (Lipinski definition) is 1. The van der Waals surface area contributed by atoms with Crippen molar-refractivity contribution < 1.29 is 19.1 Å². The smallest absolute Gasteiger partial charge is 0.319 e. The Hall–Kier alpha value is -2.19. The molecule has 0 radical (unpaired) electrons. The van der Waals surface area contributed by atoms with Crippen LogP contribution in [-0.4, -0.2) is 67.3 Å². The third-order valence-electron chi connectivity index (χ3n) is 6.25. The van der Waals surface area contributed by atoms with Gasteiger partial charge in [-0.05, 0) is 37.7 Å². The number of amides is 1. The molecule has 1 amide bonds. The maximum atomic E-state index is 12.6. The number of methoxy groups -OCH3 is 2. The number of carbonyl (C=O) groups is 2. The number of rotatable bonds is 7. The number of nitrogens with zero attached hydrogens (tertiary/aromatic N) is 2. The van der Waals surface area contributed by atoms with E-state index in [0.717, 1.165) is 31.6 Å². The third kappa shape index (κ3) is 5.25. The molecule has 1 aromatic heterocycles. The lowest BCUT2D eigenvalue weighted by Gasteiger charge is -2.37. The Labute approximate surface area is 171 Å². The average Bonchev–Trinajstić information content (AvgIpc) is 3.07. The first-order valence-corrected chi connectivity index (χ1v) is 10.2. The summed E-state index contributed by atoms with van der Waals surface area (Å²) >= 11 is 0. The van der Waals surface area contributed by atoms with E-state index in [9.17, 15) is 14.4 Å². The van der Waals surface area contributed by atoms with E-state index in [1.165, 1.54) is 13.2 Å². The molecule has 1 saturated carbocycles. The van der Waals surface area contributed by atoms with Crippen molar-refractivity contribution in [1.82, 2.24) is 14.8 Å². The quantitative estimate of drug-likeness (QED) is 0.667. The molecule has 2 aliphatic rings. The normalized spacial score (nSPS) is 26.7. The summed E-state index contributed by atoms with van der Waals surface area (Å²) in [6.07, 6.45) is 1.90. The van der Waals surface area contributed by atoms with Crippen molar-refractivity contribution in [1.29, 1.82) is 0 Å². The molecule has 8 nitrogen and oxygen atoms in total. The van der Waals surface area contributed by atoms with Gasteiger partial charge >= 0.3 is 5.97 Å². The van der Waals surface area contributed by atoms with Gasteiger partial charge in [0.25, 0.3) is 5.56 Å². The van der Waals surface area contributed by atoms with Crippen molar-refractivity contribution in [2.75, 3.05) is 33.9 Å². The molecule has 0 bridgehead atoms. The first-order valence-electron chi connectivity index (χ1n) is 10.2. The second-order valence-electron chi connectivity index (χ2n) is 8.12. The summed E-state index contributed by atoms with van der Waals surface area (Å²) in [6, 6.07) is 5.04. The summed E-state index contributed by atoms with van der Waals surface area (Å²) in [5.74, 6) is 0.594. The van der Waals surface area contributed by atoms with Crippen molar-refractivity contribution in [3.05, 3.63) is 34.2 Å². The molecule has 8 heteroatoms. The molecule has 2 heterocycles. The number of carbonyl (C=O) groups excluding carboxylic acids is 2. The number of hydrogen-bond acceptors (Lipinski definition) is 6. The molecule has 3 rings (SSSR count). The van der Waals surface area contributed by atoms with Crippen LogP contribution in [0.25, 0.3) is 0 Å². The highest BCUT2D eigenvalue weighted by molar-refractivity contribution is 5.76. The predicted octanol–water partition coefficient (Wildman–Crippen LogP) is 0.561. The van der Waals surface area contributed by atoms with Crippen molar-refractivity contribution in [2.24, 2.45) is 11.8 Å². The zero-order valence-electron chi connectivity index (χ0n) is 17.4. The number of aryl methyl sites for hydroxylation is 1. The monoisotopic (exact) mass is 405 g/mol. The fraction of sp³-hybridized carbons (Fsp3) is 0.667. The van der Waals surface area contributed by atoms with Crippen molar-refractivity contribution >= 4 is 11.9 Å². The second-order valence-corrected chi connectivity index (χ2v) is 8.12. The van der Waals surface area contributed by atoms with Gasteiger partial charge in [0.1, 0.15) is 0 Å². The van der Waals surface area contributed by atoms with E-state index in [2.05, 4.69) is 10.2 Å². The minimum Gasteiger partial charge on any atom is -0.468 e. The molecular weight excluding hydrogens is 374 g/mol. The minimum absolute atomic E-state index is 0.0422. The van der Waals surface area contributed by atoms with E-state index >= 15 is 0 Å². The maximum Gasteiger partial charge on any atom is 0.319 e. The zero-order chi connectivity index (χ0) is 21.0. The van der Waals surface area contributed by atoms with Crippen LogP contribution in [0.4, 0.5) is 0 Å². The first kappa shape index (κ1) is 21.5. The van der Waals surface area contributed by atoms with Crippen LogP contribution in [0.1, 0.15) is 25.0 Å². The van der Waals surface area contributed by atoms with Gasteiger partial charge in [-0.15, -0.1) is 0 Å². The SMILES string of the molecule is COC(=O)CN1C[C@H]2C[C@H](OC)[C@@H](NC(=O)CCn3c(C)cccc3=O)C[C@H]2C1. The lowest BCUT2D eigenvalue weighted by atomic mass is 9.77. The van der Waals surface area contributed by atoms with Crippen LogP contribution in [0.5, 0.6) is 0 Å². The van der Waals surface area contributed by atoms with E-state index in [1.807, 2.05) is 13.0 Å². The summed E-state index contributed by atoms with van der Waals surface area (Å²) in [5.41, 5.74) is 0.752. The number of ether oxygens (including phenoxy) is 2. The number of fused-ring (bicyclic) bond motifs is 1. The van der Waals surface area contributed by atoms with Gasteiger partial charge in [-0.3, -0.25) is 19.3 Å². The topological polar surface area (TPSA) is 89.9 Å². The molecule has 1 N–H and O–H groups in total. The standard InChI is InChI=1S/C21H31N3O5/c1-14-5-4-6-20(26)24(14)8-7-19(25)22-17-9-15-11-23(13-21(27)29-3)12-16(15)10-18(17)28-2/h4-6,15-18H,7-13H2,1-3H3,(H,22,25)/t15-,16+,17-,18-/m0/s1. The van der Waals surface area contributed by atoms with Gasteiger partial charge in [0, 0.05) is 44.9 Å². The third-order valence-corrected chi connectivity index (χ3v) is 6.25. The fourth-order valence-corrected chi connectivity index (χ4v) is 4.70. The van der Waals surface area contributed by atoms with E-state index in [0.29, 0.717) is 24.9 Å². The molecule has 29 heavy (non-hydrogen) atoms. The predicted molar refractivity (Wildman–Crippen MR) is 107 cm³/mol. The Bertz CT molecular complexity index is 793. The Kier molecular flexibility index (Phi) is 7.08. The van der Waals surface area contributed by atoms with Gasteiger partial charge in [0.15, 0.2) is 0 Å². The van der Waals surface area contributed by atoms with Crippen LogP contribution in [0.3, 0.4) is 0 Å². The molecule has 1 aliphatic carbocycles. The molecular formula is C21H31N3O5. The molecule has 0 spiro atoms. The summed E-state index contributed by atoms with van der Waals surface area (Å²) in [5, 5.41) is 3.12. The highest BCUT2D eigenvalue weighted by Crippen LogP contribution is 2.37. The number of pyridine rings is 1. The Morgan fingerprint density at radius 3 is 2.55 bits per heavy atom.